The van der Waals surface area contributed by atoms with Crippen molar-refractivity contribution in [2.75, 3.05) is 40.5 Å². The highest BCUT2D eigenvalue weighted by atomic mass is 32.2. The van der Waals surface area contributed by atoms with Gasteiger partial charge in [0.2, 0.25) is 10.0 Å². The fourth-order valence-corrected chi connectivity index (χ4v) is 5.82. The lowest BCUT2D eigenvalue weighted by Crippen LogP contribution is -2.49. The Balaban J connectivity index is 1.75. The van der Waals surface area contributed by atoms with E-state index in [0.717, 1.165) is 44.5 Å². The van der Waals surface area contributed by atoms with Crippen LogP contribution < -0.4 is 4.74 Å². The molecule has 6 nitrogen and oxygen atoms in total. The van der Waals surface area contributed by atoms with Gasteiger partial charge >= 0.3 is 0 Å². The maximum Gasteiger partial charge on any atom is 0.246 e. The summed E-state index contributed by atoms with van der Waals surface area (Å²) in [5, 5.41) is 0. The van der Waals surface area contributed by atoms with E-state index >= 15 is 0 Å². The molecule has 2 heterocycles. The van der Waals surface area contributed by atoms with Crippen molar-refractivity contribution in [2.45, 2.75) is 43.1 Å². The SMILES string of the molecule is COCCC1CCOC12CCN(S(=O)(=O)c1ccc(C)cc1OC)CC2. The summed E-state index contributed by atoms with van der Waals surface area (Å²) >= 11 is 0. The fourth-order valence-electron chi connectivity index (χ4n) is 4.24. The molecule has 26 heavy (non-hydrogen) atoms. The maximum atomic E-state index is 13.1. The normalized spacial score (nSPS) is 23.4. The van der Waals surface area contributed by atoms with Gasteiger partial charge in [-0.1, -0.05) is 6.07 Å². The van der Waals surface area contributed by atoms with Gasteiger partial charge < -0.3 is 14.2 Å². The average Bonchev–Trinajstić information content (AvgIpc) is 3.01. The molecule has 0 amide bonds. The van der Waals surface area contributed by atoms with Gasteiger partial charge in [-0.15, -0.1) is 0 Å². The average molecular weight is 384 g/mol. The van der Waals surface area contributed by atoms with E-state index in [1.165, 1.54) is 7.11 Å². The number of sulfonamides is 1. The Kier molecular flexibility index (Phi) is 5.91. The summed E-state index contributed by atoms with van der Waals surface area (Å²) in [4.78, 5) is 0.241. The predicted octanol–water partition coefficient (Wildman–Crippen LogP) is 2.60. The second-order valence-corrected chi connectivity index (χ2v) is 9.15. The van der Waals surface area contributed by atoms with E-state index in [4.69, 9.17) is 14.2 Å². The van der Waals surface area contributed by atoms with Gasteiger partial charge in [0, 0.05) is 33.4 Å². The molecule has 2 aliphatic heterocycles. The summed E-state index contributed by atoms with van der Waals surface area (Å²) in [7, 11) is -0.353. The largest absolute Gasteiger partial charge is 0.495 e. The van der Waals surface area contributed by atoms with Crippen LogP contribution in [0.25, 0.3) is 0 Å². The molecule has 7 heteroatoms. The van der Waals surface area contributed by atoms with Crippen LogP contribution in [-0.2, 0) is 19.5 Å². The van der Waals surface area contributed by atoms with Crippen LogP contribution in [-0.4, -0.2) is 58.8 Å². The van der Waals surface area contributed by atoms with Crippen LogP contribution in [0.1, 0.15) is 31.2 Å². The Labute approximate surface area is 156 Å². The number of piperidine rings is 1. The minimum absolute atomic E-state index is 0.193. The summed E-state index contributed by atoms with van der Waals surface area (Å²) in [6.07, 6.45) is 3.46. The summed E-state index contributed by atoms with van der Waals surface area (Å²) < 4.78 is 44.5. The molecule has 1 atom stereocenters. The van der Waals surface area contributed by atoms with Gasteiger partial charge in [0.05, 0.1) is 12.7 Å². The van der Waals surface area contributed by atoms with Crippen molar-refractivity contribution < 1.29 is 22.6 Å². The summed E-state index contributed by atoms with van der Waals surface area (Å²) in [5.41, 5.74) is 0.779. The van der Waals surface area contributed by atoms with Crippen molar-refractivity contribution >= 4 is 10.0 Å². The molecular weight excluding hydrogens is 354 g/mol. The van der Waals surface area contributed by atoms with E-state index in [-0.39, 0.29) is 10.5 Å². The Bertz CT molecular complexity index is 725. The van der Waals surface area contributed by atoms with Crippen LogP contribution >= 0.6 is 0 Å². The van der Waals surface area contributed by atoms with Gasteiger partial charge in [0.15, 0.2) is 0 Å². The Morgan fingerprint density at radius 3 is 2.65 bits per heavy atom. The number of nitrogens with zero attached hydrogens (tertiary/aromatic N) is 1. The van der Waals surface area contributed by atoms with Crippen LogP contribution in [0.15, 0.2) is 23.1 Å². The van der Waals surface area contributed by atoms with Crippen molar-refractivity contribution in [1.82, 2.24) is 4.31 Å². The number of hydrogen-bond donors (Lipinski definition) is 0. The van der Waals surface area contributed by atoms with Crippen LogP contribution in [0.3, 0.4) is 0 Å². The van der Waals surface area contributed by atoms with E-state index in [1.807, 2.05) is 13.0 Å². The molecule has 0 aromatic heterocycles. The third kappa shape index (κ3) is 3.63. The Hall–Kier alpha value is -1.15. The zero-order valence-electron chi connectivity index (χ0n) is 15.9. The van der Waals surface area contributed by atoms with E-state index in [1.54, 1.807) is 23.5 Å². The zero-order valence-corrected chi connectivity index (χ0v) is 16.7. The van der Waals surface area contributed by atoms with Crippen LogP contribution in [0.4, 0.5) is 0 Å². The van der Waals surface area contributed by atoms with Crippen LogP contribution in [0.5, 0.6) is 5.75 Å². The molecule has 1 aromatic carbocycles. The number of hydrogen-bond acceptors (Lipinski definition) is 5. The molecule has 0 saturated carbocycles. The molecule has 146 valence electrons. The molecular formula is C19H29NO5S. The van der Waals surface area contributed by atoms with E-state index in [9.17, 15) is 8.42 Å². The highest BCUT2D eigenvalue weighted by Gasteiger charge is 2.47. The lowest BCUT2D eigenvalue weighted by molar-refractivity contribution is -0.0603. The second-order valence-electron chi connectivity index (χ2n) is 7.24. The molecule has 0 bridgehead atoms. The van der Waals surface area contributed by atoms with Crippen LogP contribution in [0, 0.1) is 12.8 Å². The standard InChI is InChI=1S/C19H29NO5S/c1-15-4-5-18(17(14-15)24-3)26(21,22)20-10-8-19(9-11-20)16(6-12-23-2)7-13-25-19/h4-5,14,16H,6-13H2,1-3H3. The number of rotatable bonds is 6. The minimum atomic E-state index is -3.57. The highest BCUT2D eigenvalue weighted by molar-refractivity contribution is 7.89. The summed E-state index contributed by atoms with van der Waals surface area (Å²) in [5.74, 6) is 0.849. The number of ether oxygens (including phenoxy) is 3. The van der Waals surface area contributed by atoms with Crippen molar-refractivity contribution in [2.24, 2.45) is 5.92 Å². The van der Waals surface area contributed by atoms with Gasteiger partial charge in [-0.25, -0.2) is 8.42 Å². The van der Waals surface area contributed by atoms with E-state index in [0.29, 0.717) is 24.8 Å². The second kappa shape index (κ2) is 7.84. The predicted molar refractivity (Wildman–Crippen MR) is 99.0 cm³/mol. The summed E-state index contributed by atoms with van der Waals surface area (Å²) in [6.45, 7) is 4.35. The molecule has 0 radical (unpaired) electrons. The Morgan fingerprint density at radius 2 is 2.00 bits per heavy atom. The third-order valence-corrected chi connectivity index (χ3v) is 7.71. The number of benzene rings is 1. The van der Waals surface area contributed by atoms with E-state index < -0.39 is 10.0 Å². The molecule has 0 aliphatic carbocycles. The van der Waals surface area contributed by atoms with Gasteiger partial charge in [0.1, 0.15) is 10.6 Å². The smallest absolute Gasteiger partial charge is 0.246 e. The number of aryl methyl sites for hydroxylation is 1. The molecule has 2 aliphatic rings. The van der Waals surface area contributed by atoms with Crippen molar-refractivity contribution in [3.8, 4) is 5.75 Å². The minimum Gasteiger partial charge on any atom is -0.495 e. The van der Waals surface area contributed by atoms with Gasteiger partial charge in [-0.05, 0) is 56.2 Å². The first-order valence-corrected chi connectivity index (χ1v) is 10.6. The van der Waals surface area contributed by atoms with E-state index in [2.05, 4.69) is 0 Å². The van der Waals surface area contributed by atoms with Crippen molar-refractivity contribution in [3.63, 3.8) is 0 Å². The molecule has 3 rings (SSSR count). The molecule has 2 fully saturated rings. The fraction of sp³-hybridized carbons (Fsp3) is 0.684. The monoisotopic (exact) mass is 383 g/mol. The Morgan fingerprint density at radius 1 is 1.27 bits per heavy atom. The van der Waals surface area contributed by atoms with Gasteiger partial charge in [-0.3, -0.25) is 0 Å². The quantitative estimate of drug-likeness (QED) is 0.755. The molecule has 0 N–H and O–H groups in total. The maximum absolute atomic E-state index is 13.1. The van der Waals surface area contributed by atoms with Crippen molar-refractivity contribution in [3.05, 3.63) is 23.8 Å². The zero-order chi connectivity index (χ0) is 18.8. The topological polar surface area (TPSA) is 65.1 Å². The van der Waals surface area contributed by atoms with Gasteiger partial charge in [-0.2, -0.15) is 4.31 Å². The van der Waals surface area contributed by atoms with Crippen LogP contribution in [0.2, 0.25) is 0 Å². The summed E-state index contributed by atoms with van der Waals surface area (Å²) in [6, 6.07) is 5.21. The lowest BCUT2D eigenvalue weighted by Gasteiger charge is -2.41. The molecule has 1 unspecified atom stereocenters. The molecule has 2 saturated heterocycles. The lowest BCUT2D eigenvalue weighted by atomic mass is 9.78. The first-order valence-electron chi connectivity index (χ1n) is 9.20. The molecule has 1 aromatic rings. The van der Waals surface area contributed by atoms with Gasteiger partial charge in [0.25, 0.3) is 0 Å². The molecule has 1 spiro atoms. The van der Waals surface area contributed by atoms with Crippen molar-refractivity contribution in [1.29, 1.82) is 0 Å². The first kappa shape index (κ1) is 19.6. The highest BCUT2D eigenvalue weighted by Crippen LogP contribution is 2.43. The number of methoxy groups -OCH3 is 2. The third-order valence-electron chi connectivity index (χ3n) is 5.78. The first-order chi connectivity index (χ1) is 12.4.